The Bertz CT molecular complexity index is 963. The summed E-state index contributed by atoms with van der Waals surface area (Å²) in [6.07, 6.45) is 3.80. The first-order valence-electron chi connectivity index (χ1n) is 9.86. The van der Waals surface area contributed by atoms with Crippen LogP contribution in [0.5, 0.6) is 0 Å². The first-order valence-corrected chi connectivity index (χ1v) is 9.86. The third-order valence-corrected chi connectivity index (χ3v) is 5.33. The molecule has 4 rings (SSSR count). The highest BCUT2D eigenvalue weighted by Crippen LogP contribution is 2.20. The van der Waals surface area contributed by atoms with Crippen molar-refractivity contribution in [2.75, 3.05) is 30.3 Å². The third kappa shape index (κ3) is 4.49. The Morgan fingerprint density at radius 2 is 1.86 bits per heavy atom. The number of benzene rings is 2. The minimum Gasteiger partial charge on any atom is -0.382 e. The molecule has 0 unspecified atom stereocenters. The highest BCUT2D eigenvalue weighted by atomic mass is 16.2. The Balaban J connectivity index is 1.27. The van der Waals surface area contributed by atoms with E-state index in [1.54, 1.807) is 6.20 Å². The summed E-state index contributed by atoms with van der Waals surface area (Å²) in [5, 5.41) is 7.66. The van der Waals surface area contributed by atoms with Gasteiger partial charge < -0.3 is 10.6 Å². The van der Waals surface area contributed by atoms with E-state index in [4.69, 9.17) is 0 Å². The highest BCUT2D eigenvalue weighted by Gasteiger charge is 2.21. The maximum Gasteiger partial charge on any atom is 0.238 e. The van der Waals surface area contributed by atoms with Crippen LogP contribution in [0.15, 0.2) is 60.8 Å². The molecule has 1 amide bonds. The molecule has 28 heavy (non-hydrogen) atoms. The number of rotatable bonds is 5. The molecule has 0 atom stereocenters. The second-order valence-electron chi connectivity index (χ2n) is 7.47. The second-order valence-corrected chi connectivity index (χ2v) is 7.47. The Hall–Kier alpha value is -2.92. The summed E-state index contributed by atoms with van der Waals surface area (Å²) in [4.78, 5) is 19.1. The van der Waals surface area contributed by atoms with Crippen molar-refractivity contribution in [3.63, 3.8) is 0 Å². The lowest BCUT2D eigenvalue weighted by molar-refractivity contribution is -0.117. The number of anilines is 2. The van der Waals surface area contributed by atoms with E-state index in [9.17, 15) is 4.79 Å². The summed E-state index contributed by atoms with van der Waals surface area (Å²) in [5.74, 6) is 0.0161. The molecule has 0 spiro atoms. The molecule has 1 aliphatic heterocycles. The van der Waals surface area contributed by atoms with Gasteiger partial charge in [0.1, 0.15) is 0 Å². The minimum atomic E-state index is 0.0161. The van der Waals surface area contributed by atoms with Crippen molar-refractivity contribution < 1.29 is 4.79 Å². The van der Waals surface area contributed by atoms with Gasteiger partial charge >= 0.3 is 0 Å². The quantitative estimate of drug-likeness (QED) is 0.707. The number of amides is 1. The van der Waals surface area contributed by atoms with Crippen molar-refractivity contribution in [1.29, 1.82) is 0 Å². The van der Waals surface area contributed by atoms with Crippen LogP contribution in [0.1, 0.15) is 18.4 Å². The van der Waals surface area contributed by atoms with Crippen LogP contribution < -0.4 is 10.6 Å². The third-order valence-electron chi connectivity index (χ3n) is 5.33. The van der Waals surface area contributed by atoms with Crippen molar-refractivity contribution in [2.24, 2.45) is 0 Å². The zero-order valence-corrected chi connectivity index (χ0v) is 16.2. The first-order chi connectivity index (χ1) is 13.7. The Morgan fingerprint density at radius 1 is 1.11 bits per heavy atom. The standard InChI is InChI=1S/C23H26N4O/c1-17-6-2-4-8-21(17)25-19-10-12-27(13-11-19)16-23(28)26-20-14-18-7-3-5-9-22(18)24-15-20/h2-9,14-15,19,25H,10-13,16H2,1H3,(H,26,28). The lowest BCUT2D eigenvalue weighted by Gasteiger charge is -2.32. The van der Waals surface area contributed by atoms with Crippen LogP contribution in [0, 0.1) is 6.92 Å². The number of nitrogens with zero attached hydrogens (tertiary/aromatic N) is 2. The van der Waals surface area contributed by atoms with Crippen molar-refractivity contribution in [1.82, 2.24) is 9.88 Å². The Labute approximate surface area is 165 Å². The van der Waals surface area contributed by atoms with E-state index in [0.717, 1.165) is 42.5 Å². The van der Waals surface area contributed by atoms with E-state index in [2.05, 4.69) is 51.7 Å². The van der Waals surface area contributed by atoms with E-state index < -0.39 is 0 Å². The number of aromatic nitrogens is 1. The van der Waals surface area contributed by atoms with Crippen molar-refractivity contribution in [2.45, 2.75) is 25.8 Å². The van der Waals surface area contributed by atoms with Gasteiger partial charge in [-0.15, -0.1) is 0 Å². The summed E-state index contributed by atoms with van der Waals surface area (Å²) in [7, 11) is 0. The van der Waals surface area contributed by atoms with E-state index in [-0.39, 0.29) is 5.91 Å². The maximum absolute atomic E-state index is 12.4. The summed E-state index contributed by atoms with van der Waals surface area (Å²) in [5.41, 5.74) is 4.17. The fourth-order valence-electron chi connectivity index (χ4n) is 3.73. The number of fused-ring (bicyclic) bond motifs is 1. The number of piperidine rings is 1. The lowest BCUT2D eigenvalue weighted by Crippen LogP contribution is -2.42. The molecule has 1 aromatic heterocycles. The van der Waals surface area contributed by atoms with Crippen LogP contribution >= 0.6 is 0 Å². The Morgan fingerprint density at radius 3 is 2.68 bits per heavy atom. The smallest absolute Gasteiger partial charge is 0.238 e. The van der Waals surface area contributed by atoms with Gasteiger partial charge in [0.2, 0.25) is 5.91 Å². The highest BCUT2D eigenvalue weighted by molar-refractivity contribution is 5.94. The van der Waals surface area contributed by atoms with Gasteiger partial charge in [0, 0.05) is 30.2 Å². The molecule has 2 heterocycles. The van der Waals surface area contributed by atoms with Crippen LogP contribution in [0.4, 0.5) is 11.4 Å². The molecule has 2 aromatic carbocycles. The predicted molar refractivity (Wildman–Crippen MR) is 115 cm³/mol. The van der Waals surface area contributed by atoms with E-state index in [0.29, 0.717) is 12.6 Å². The summed E-state index contributed by atoms with van der Waals surface area (Å²) < 4.78 is 0. The van der Waals surface area contributed by atoms with Gasteiger partial charge in [0.05, 0.1) is 23.9 Å². The van der Waals surface area contributed by atoms with Crippen molar-refractivity contribution in [3.05, 3.63) is 66.4 Å². The molecule has 144 valence electrons. The average molecular weight is 374 g/mol. The number of carbonyl (C=O) groups is 1. The SMILES string of the molecule is Cc1ccccc1NC1CCN(CC(=O)Nc2cnc3ccccc3c2)CC1. The topological polar surface area (TPSA) is 57.3 Å². The van der Waals surface area contributed by atoms with Crippen molar-refractivity contribution >= 4 is 28.2 Å². The lowest BCUT2D eigenvalue weighted by atomic mass is 10.0. The molecule has 3 aromatic rings. The second kappa shape index (κ2) is 8.40. The Kier molecular flexibility index (Phi) is 5.53. The molecule has 5 nitrogen and oxygen atoms in total. The van der Waals surface area contributed by atoms with Crippen LogP contribution in [0.2, 0.25) is 0 Å². The largest absolute Gasteiger partial charge is 0.382 e. The van der Waals surface area contributed by atoms with Gasteiger partial charge in [-0.25, -0.2) is 0 Å². The van der Waals surface area contributed by atoms with Crippen LogP contribution in [-0.2, 0) is 4.79 Å². The summed E-state index contributed by atoms with van der Waals surface area (Å²) >= 11 is 0. The molecule has 2 N–H and O–H groups in total. The number of hydrogen-bond acceptors (Lipinski definition) is 4. The zero-order valence-electron chi connectivity index (χ0n) is 16.2. The number of pyridine rings is 1. The summed E-state index contributed by atoms with van der Waals surface area (Å²) in [6.45, 7) is 4.40. The van der Waals surface area contributed by atoms with Gasteiger partial charge in [-0.1, -0.05) is 36.4 Å². The molecule has 1 saturated heterocycles. The van der Waals surface area contributed by atoms with Gasteiger partial charge in [-0.05, 0) is 43.5 Å². The monoisotopic (exact) mass is 374 g/mol. The molecule has 0 aliphatic carbocycles. The number of likely N-dealkylation sites (tertiary alicyclic amines) is 1. The van der Waals surface area contributed by atoms with E-state index in [1.165, 1.54) is 11.3 Å². The van der Waals surface area contributed by atoms with E-state index >= 15 is 0 Å². The van der Waals surface area contributed by atoms with Crippen LogP contribution in [0.25, 0.3) is 10.9 Å². The fraction of sp³-hybridized carbons (Fsp3) is 0.304. The van der Waals surface area contributed by atoms with Gasteiger partial charge in [0.25, 0.3) is 0 Å². The normalized spacial score (nSPS) is 15.5. The van der Waals surface area contributed by atoms with Crippen molar-refractivity contribution in [3.8, 4) is 0 Å². The molecular weight excluding hydrogens is 348 g/mol. The van der Waals surface area contributed by atoms with Gasteiger partial charge in [0.15, 0.2) is 0 Å². The predicted octanol–water partition coefficient (Wildman–Crippen LogP) is 4.06. The maximum atomic E-state index is 12.4. The number of hydrogen-bond donors (Lipinski definition) is 2. The zero-order chi connectivity index (χ0) is 19.3. The van der Waals surface area contributed by atoms with Gasteiger partial charge in [-0.3, -0.25) is 14.7 Å². The fourth-order valence-corrected chi connectivity index (χ4v) is 3.73. The first kappa shape index (κ1) is 18.4. The minimum absolute atomic E-state index is 0.0161. The molecular formula is C23H26N4O. The molecule has 5 heteroatoms. The molecule has 0 bridgehead atoms. The number of para-hydroxylation sites is 2. The molecule has 0 radical (unpaired) electrons. The average Bonchev–Trinajstić information content (AvgIpc) is 2.71. The number of carbonyl (C=O) groups excluding carboxylic acids is 1. The van der Waals surface area contributed by atoms with E-state index in [1.807, 2.05) is 30.3 Å². The van der Waals surface area contributed by atoms with Crippen LogP contribution in [0.3, 0.4) is 0 Å². The number of aryl methyl sites for hydroxylation is 1. The molecule has 1 fully saturated rings. The summed E-state index contributed by atoms with van der Waals surface area (Å²) in [6, 6.07) is 18.7. The van der Waals surface area contributed by atoms with Crippen LogP contribution in [-0.4, -0.2) is 41.5 Å². The molecule has 0 saturated carbocycles. The molecule has 1 aliphatic rings. The van der Waals surface area contributed by atoms with Gasteiger partial charge in [-0.2, -0.15) is 0 Å². The number of nitrogens with one attached hydrogen (secondary N) is 2.